The summed E-state index contributed by atoms with van der Waals surface area (Å²) in [6.07, 6.45) is 1.06. The number of halogens is 1. The first-order valence-electron chi connectivity index (χ1n) is 4.46. The van der Waals surface area contributed by atoms with E-state index in [9.17, 15) is 0 Å². The molecule has 0 aliphatic rings. The fourth-order valence-electron chi connectivity index (χ4n) is 1.35. The minimum Gasteiger partial charge on any atom is -0.496 e. The molecule has 0 bridgehead atoms. The molecular formula is C11H15BrO. The van der Waals surface area contributed by atoms with Crippen LogP contribution in [0.2, 0.25) is 0 Å². The van der Waals surface area contributed by atoms with Crippen LogP contribution in [-0.2, 0) is 6.42 Å². The van der Waals surface area contributed by atoms with Gasteiger partial charge in [-0.05, 0) is 36.1 Å². The third-order valence-corrected chi connectivity index (χ3v) is 2.36. The van der Waals surface area contributed by atoms with E-state index in [1.807, 2.05) is 12.1 Å². The second-order valence-corrected chi connectivity index (χ2v) is 4.47. The number of hydrogen-bond donors (Lipinski definition) is 0. The fourth-order valence-corrected chi connectivity index (χ4v) is 1.75. The van der Waals surface area contributed by atoms with Crippen LogP contribution in [0.1, 0.15) is 19.4 Å². The summed E-state index contributed by atoms with van der Waals surface area (Å²) in [6.45, 7) is 4.42. The molecule has 0 aromatic heterocycles. The summed E-state index contributed by atoms with van der Waals surface area (Å²) in [4.78, 5) is 0. The molecule has 0 spiro atoms. The van der Waals surface area contributed by atoms with Crippen LogP contribution in [0.3, 0.4) is 0 Å². The Kier molecular flexibility index (Phi) is 3.79. The van der Waals surface area contributed by atoms with Crippen LogP contribution < -0.4 is 4.74 Å². The van der Waals surface area contributed by atoms with Crippen molar-refractivity contribution in [3.63, 3.8) is 0 Å². The van der Waals surface area contributed by atoms with Crippen molar-refractivity contribution in [3.05, 3.63) is 28.2 Å². The lowest BCUT2D eigenvalue weighted by molar-refractivity contribution is 0.406. The van der Waals surface area contributed by atoms with Crippen molar-refractivity contribution < 1.29 is 4.74 Å². The Morgan fingerprint density at radius 1 is 1.38 bits per heavy atom. The van der Waals surface area contributed by atoms with E-state index in [1.165, 1.54) is 5.56 Å². The van der Waals surface area contributed by atoms with Gasteiger partial charge in [0.2, 0.25) is 0 Å². The predicted molar refractivity (Wildman–Crippen MR) is 59.2 cm³/mol. The summed E-state index contributed by atoms with van der Waals surface area (Å²) in [5.74, 6) is 1.64. The molecule has 0 saturated carbocycles. The molecule has 0 heterocycles. The first-order chi connectivity index (χ1) is 6.13. The van der Waals surface area contributed by atoms with Gasteiger partial charge in [-0.3, -0.25) is 0 Å². The molecule has 1 aromatic rings. The number of rotatable bonds is 3. The van der Waals surface area contributed by atoms with Gasteiger partial charge in [0.1, 0.15) is 5.75 Å². The molecule has 0 fully saturated rings. The lowest BCUT2D eigenvalue weighted by Gasteiger charge is -2.10. The van der Waals surface area contributed by atoms with E-state index in [-0.39, 0.29) is 0 Å². The number of benzene rings is 1. The molecule has 2 heteroatoms. The van der Waals surface area contributed by atoms with Crippen molar-refractivity contribution in [2.24, 2.45) is 5.92 Å². The molecule has 0 amide bonds. The van der Waals surface area contributed by atoms with E-state index in [2.05, 4.69) is 35.8 Å². The number of ether oxygens (including phenoxy) is 1. The van der Waals surface area contributed by atoms with Crippen molar-refractivity contribution >= 4 is 15.9 Å². The van der Waals surface area contributed by atoms with Crippen LogP contribution in [0, 0.1) is 5.92 Å². The molecule has 72 valence electrons. The van der Waals surface area contributed by atoms with Crippen molar-refractivity contribution in [1.29, 1.82) is 0 Å². The van der Waals surface area contributed by atoms with Gasteiger partial charge in [0.15, 0.2) is 0 Å². The van der Waals surface area contributed by atoms with Crippen LogP contribution in [0.5, 0.6) is 5.75 Å². The zero-order valence-corrected chi connectivity index (χ0v) is 9.89. The first kappa shape index (κ1) is 10.6. The van der Waals surface area contributed by atoms with Crippen molar-refractivity contribution in [3.8, 4) is 5.75 Å². The minimum absolute atomic E-state index is 0.656. The molecule has 0 radical (unpaired) electrons. The smallest absolute Gasteiger partial charge is 0.122 e. The summed E-state index contributed by atoms with van der Waals surface area (Å²) in [5, 5.41) is 0. The Morgan fingerprint density at radius 3 is 2.62 bits per heavy atom. The molecule has 0 aliphatic carbocycles. The Labute approximate surface area is 88.2 Å². The molecule has 1 rings (SSSR count). The molecule has 0 atom stereocenters. The highest BCUT2D eigenvalue weighted by Gasteiger charge is 2.05. The summed E-state index contributed by atoms with van der Waals surface area (Å²) < 4.78 is 6.40. The zero-order chi connectivity index (χ0) is 9.84. The van der Waals surface area contributed by atoms with Gasteiger partial charge in [-0.25, -0.2) is 0 Å². The molecule has 13 heavy (non-hydrogen) atoms. The van der Waals surface area contributed by atoms with Gasteiger partial charge >= 0.3 is 0 Å². The summed E-state index contributed by atoms with van der Waals surface area (Å²) in [5.41, 5.74) is 1.27. The maximum Gasteiger partial charge on any atom is 0.122 e. The van der Waals surface area contributed by atoms with Gasteiger partial charge in [0, 0.05) is 4.47 Å². The normalized spacial score (nSPS) is 10.5. The Bertz CT molecular complexity index is 281. The fraction of sp³-hybridized carbons (Fsp3) is 0.455. The van der Waals surface area contributed by atoms with E-state index in [1.54, 1.807) is 7.11 Å². The van der Waals surface area contributed by atoms with E-state index in [4.69, 9.17) is 4.74 Å². The molecule has 0 aliphatic heterocycles. The molecular weight excluding hydrogens is 228 g/mol. The van der Waals surface area contributed by atoms with Gasteiger partial charge in [0.05, 0.1) is 7.11 Å². The lowest BCUT2D eigenvalue weighted by atomic mass is 10.0. The molecule has 0 N–H and O–H groups in total. The van der Waals surface area contributed by atoms with Gasteiger partial charge in [-0.15, -0.1) is 0 Å². The van der Waals surface area contributed by atoms with E-state index >= 15 is 0 Å². The second kappa shape index (κ2) is 4.66. The highest BCUT2D eigenvalue weighted by atomic mass is 79.9. The van der Waals surface area contributed by atoms with Gasteiger partial charge < -0.3 is 4.74 Å². The average molecular weight is 243 g/mol. The summed E-state index contributed by atoms with van der Waals surface area (Å²) in [7, 11) is 1.72. The lowest BCUT2D eigenvalue weighted by Crippen LogP contribution is -1.97. The van der Waals surface area contributed by atoms with E-state index < -0.39 is 0 Å². The zero-order valence-electron chi connectivity index (χ0n) is 8.30. The Balaban J connectivity index is 2.94. The molecule has 1 aromatic carbocycles. The quantitative estimate of drug-likeness (QED) is 0.787. The van der Waals surface area contributed by atoms with Crippen LogP contribution in [0.25, 0.3) is 0 Å². The second-order valence-electron chi connectivity index (χ2n) is 3.55. The summed E-state index contributed by atoms with van der Waals surface area (Å²) >= 11 is 3.46. The van der Waals surface area contributed by atoms with Crippen molar-refractivity contribution in [2.45, 2.75) is 20.3 Å². The van der Waals surface area contributed by atoms with Crippen molar-refractivity contribution in [1.82, 2.24) is 0 Å². The third-order valence-electron chi connectivity index (χ3n) is 1.87. The Hall–Kier alpha value is -0.500. The predicted octanol–water partition coefficient (Wildman–Crippen LogP) is 3.66. The van der Waals surface area contributed by atoms with Gasteiger partial charge in [-0.1, -0.05) is 29.8 Å². The van der Waals surface area contributed by atoms with Crippen LogP contribution in [0.15, 0.2) is 22.7 Å². The molecule has 1 nitrogen and oxygen atoms in total. The van der Waals surface area contributed by atoms with Gasteiger partial charge in [-0.2, -0.15) is 0 Å². The summed E-state index contributed by atoms with van der Waals surface area (Å²) in [6, 6.07) is 6.13. The number of hydrogen-bond acceptors (Lipinski definition) is 1. The van der Waals surface area contributed by atoms with Crippen LogP contribution in [-0.4, -0.2) is 7.11 Å². The maximum absolute atomic E-state index is 5.28. The molecule has 0 saturated heterocycles. The standard InChI is InChI=1S/C11H15BrO/c1-8(2)6-9-7-10(12)4-5-11(9)13-3/h4-5,7-8H,6H2,1-3H3. The number of methoxy groups -OCH3 is 1. The van der Waals surface area contributed by atoms with Crippen LogP contribution >= 0.6 is 15.9 Å². The van der Waals surface area contributed by atoms with E-state index in [0.29, 0.717) is 5.92 Å². The average Bonchev–Trinajstić information content (AvgIpc) is 2.03. The van der Waals surface area contributed by atoms with E-state index in [0.717, 1.165) is 16.6 Å². The first-order valence-corrected chi connectivity index (χ1v) is 5.25. The van der Waals surface area contributed by atoms with Crippen molar-refractivity contribution in [2.75, 3.05) is 7.11 Å². The largest absolute Gasteiger partial charge is 0.496 e. The highest BCUT2D eigenvalue weighted by Crippen LogP contribution is 2.25. The Morgan fingerprint density at radius 2 is 2.08 bits per heavy atom. The molecule has 0 unspecified atom stereocenters. The SMILES string of the molecule is COc1ccc(Br)cc1CC(C)C. The topological polar surface area (TPSA) is 9.23 Å². The minimum atomic E-state index is 0.656. The monoisotopic (exact) mass is 242 g/mol. The van der Waals surface area contributed by atoms with Gasteiger partial charge in [0.25, 0.3) is 0 Å². The third kappa shape index (κ3) is 3.03. The highest BCUT2D eigenvalue weighted by molar-refractivity contribution is 9.10. The van der Waals surface area contributed by atoms with Crippen LogP contribution in [0.4, 0.5) is 0 Å². The maximum atomic E-state index is 5.28.